The molecule has 0 radical (unpaired) electrons. The number of hydrogen-bond acceptors (Lipinski definition) is 6. The summed E-state index contributed by atoms with van der Waals surface area (Å²) in [6.45, 7) is 0. The molecule has 3 heterocycles. The molecule has 3 saturated carbocycles. The number of nitrogens with one attached hydrogen (secondary N) is 2. The van der Waals surface area contributed by atoms with Crippen molar-refractivity contribution in [2.24, 2.45) is 0 Å². The maximum absolute atomic E-state index is 13.1. The zero-order valence-electron chi connectivity index (χ0n) is 17.2. The van der Waals surface area contributed by atoms with E-state index in [2.05, 4.69) is 29.3 Å². The van der Waals surface area contributed by atoms with Crippen LogP contribution in [0.2, 0.25) is 0 Å². The van der Waals surface area contributed by atoms with Crippen molar-refractivity contribution in [3.05, 3.63) is 54.1 Å². The second-order valence-electron chi connectivity index (χ2n) is 8.99. The van der Waals surface area contributed by atoms with Gasteiger partial charge >= 0.3 is 0 Å². The van der Waals surface area contributed by atoms with E-state index >= 15 is 0 Å². The first-order chi connectivity index (χ1) is 15.4. The fraction of sp³-hybridized carbons (Fsp3) is 0.364. The van der Waals surface area contributed by atoms with Crippen molar-refractivity contribution < 1.29 is 8.42 Å². The average molecular weight is 448 g/mol. The van der Waals surface area contributed by atoms with E-state index < -0.39 is 15.6 Å². The first-order valence-electron chi connectivity index (χ1n) is 10.7. The van der Waals surface area contributed by atoms with Gasteiger partial charge < -0.3 is 4.98 Å². The molecule has 0 amide bonds. The van der Waals surface area contributed by atoms with Crippen molar-refractivity contribution in [2.45, 2.75) is 54.4 Å². The van der Waals surface area contributed by atoms with E-state index in [1.807, 2.05) is 18.3 Å². The lowest BCUT2D eigenvalue weighted by atomic mass is 9.57. The molecule has 1 aromatic carbocycles. The lowest BCUT2D eigenvalue weighted by Crippen LogP contribution is -2.58. The summed E-state index contributed by atoms with van der Waals surface area (Å²) < 4.78 is 31.2. The van der Waals surface area contributed by atoms with Gasteiger partial charge in [-0.1, -0.05) is 0 Å². The lowest BCUT2D eigenvalue weighted by molar-refractivity contribution is 0.0882. The van der Waals surface area contributed by atoms with Crippen molar-refractivity contribution in [1.29, 1.82) is 5.26 Å². The Balaban J connectivity index is 1.29. The number of nitrogens with zero attached hydrogens (tertiary/aromatic N) is 5. The summed E-state index contributed by atoms with van der Waals surface area (Å²) in [5.41, 5.74) is 2.36. The van der Waals surface area contributed by atoms with Gasteiger partial charge in [0.05, 0.1) is 28.2 Å². The third-order valence-electron chi connectivity index (χ3n) is 7.31. The summed E-state index contributed by atoms with van der Waals surface area (Å²) >= 11 is 0. The average Bonchev–Trinajstić information content (AvgIpc) is 3.47. The zero-order valence-corrected chi connectivity index (χ0v) is 18.1. The SMILES string of the molecule is N#Cc1ccc(S(=O)(=O)NC23CCC(c4nnc5cnc6[nH]ccc6n45)(CC2)CC3)cc1. The van der Waals surface area contributed by atoms with Gasteiger partial charge in [-0.05, 0) is 68.9 Å². The minimum Gasteiger partial charge on any atom is -0.345 e. The Kier molecular flexibility index (Phi) is 4.00. The number of aromatic nitrogens is 5. The third-order valence-corrected chi connectivity index (χ3v) is 8.90. The number of rotatable bonds is 4. The van der Waals surface area contributed by atoms with Crippen LogP contribution in [0.5, 0.6) is 0 Å². The smallest absolute Gasteiger partial charge is 0.241 e. The molecular formula is C22H21N7O2S. The van der Waals surface area contributed by atoms with Crippen molar-refractivity contribution in [3.8, 4) is 6.07 Å². The summed E-state index contributed by atoms with van der Waals surface area (Å²) in [5, 5.41) is 17.9. The molecule has 3 fully saturated rings. The number of benzene rings is 1. The Labute approximate surface area is 184 Å². The summed E-state index contributed by atoms with van der Waals surface area (Å²) in [6.07, 6.45) is 8.38. The summed E-state index contributed by atoms with van der Waals surface area (Å²) in [4.78, 5) is 7.74. The highest BCUT2D eigenvalue weighted by Crippen LogP contribution is 2.53. The van der Waals surface area contributed by atoms with Gasteiger partial charge in [-0.25, -0.2) is 18.1 Å². The third kappa shape index (κ3) is 2.78. The van der Waals surface area contributed by atoms with Crippen LogP contribution in [0.1, 0.15) is 49.9 Å². The van der Waals surface area contributed by atoms with Crippen LogP contribution in [0.3, 0.4) is 0 Å². The molecule has 0 spiro atoms. The molecule has 0 aliphatic heterocycles. The molecule has 0 unspecified atom stereocenters. The molecule has 162 valence electrons. The largest absolute Gasteiger partial charge is 0.345 e. The van der Waals surface area contributed by atoms with Crippen molar-refractivity contribution in [1.82, 2.24) is 29.3 Å². The van der Waals surface area contributed by atoms with Gasteiger partial charge in [0, 0.05) is 17.2 Å². The Morgan fingerprint density at radius 1 is 1.03 bits per heavy atom. The van der Waals surface area contributed by atoms with Gasteiger partial charge in [0.2, 0.25) is 10.0 Å². The molecule has 9 nitrogen and oxygen atoms in total. The minimum atomic E-state index is -3.67. The molecule has 4 aromatic rings. The van der Waals surface area contributed by atoms with Crippen LogP contribution in [-0.2, 0) is 15.4 Å². The second kappa shape index (κ2) is 6.60. The Morgan fingerprint density at radius 2 is 1.75 bits per heavy atom. The topological polar surface area (TPSA) is 129 Å². The van der Waals surface area contributed by atoms with Crippen LogP contribution in [0, 0.1) is 11.3 Å². The Hall–Kier alpha value is -3.29. The highest BCUT2D eigenvalue weighted by molar-refractivity contribution is 7.89. The predicted octanol–water partition coefficient (Wildman–Crippen LogP) is 2.80. The van der Waals surface area contributed by atoms with E-state index in [-0.39, 0.29) is 10.3 Å². The number of nitriles is 1. The van der Waals surface area contributed by atoms with E-state index in [0.29, 0.717) is 5.56 Å². The highest BCUT2D eigenvalue weighted by atomic mass is 32.2. The lowest BCUT2D eigenvalue weighted by Gasteiger charge is -2.52. The molecule has 2 N–H and O–H groups in total. The summed E-state index contributed by atoms with van der Waals surface area (Å²) in [6, 6.07) is 10.1. The van der Waals surface area contributed by atoms with Gasteiger partial charge in [-0.2, -0.15) is 5.26 Å². The summed E-state index contributed by atoms with van der Waals surface area (Å²) in [7, 11) is -3.67. The van der Waals surface area contributed by atoms with Crippen molar-refractivity contribution >= 4 is 26.8 Å². The second-order valence-corrected chi connectivity index (χ2v) is 10.7. The maximum atomic E-state index is 13.1. The first kappa shape index (κ1) is 19.4. The monoisotopic (exact) mass is 447 g/mol. The number of sulfonamides is 1. The van der Waals surface area contributed by atoms with Gasteiger partial charge in [0.25, 0.3) is 0 Å². The molecule has 2 bridgehead atoms. The fourth-order valence-corrected chi connectivity index (χ4v) is 6.93. The predicted molar refractivity (Wildman–Crippen MR) is 116 cm³/mol. The molecule has 10 heteroatoms. The zero-order chi connectivity index (χ0) is 22.0. The summed E-state index contributed by atoms with van der Waals surface area (Å²) in [5.74, 6) is 0.947. The molecule has 0 saturated heterocycles. The van der Waals surface area contributed by atoms with Crippen LogP contribution in [0.15, 0.2) is 47.6 Å². The molecule has 7 rings (SSSR count). The molecule has 32 heavy (non-hydrogen) atoms. The van der Waals surface area contributed by atoms with E-state index in [4.69, 9.17) is 5.26 Å². The quantitative estimate of drug-likeness (QED) is 0.495. The molecule has 3 aromatic heterocycles. The van der Waals surface area contributed by atoms with Gasteiger partial charge in [-0.15, -0.1) is 10.2 Å². The Bertz CT molecular complexity index is 1470. The van der Waals surface area contributed by atoms with Gasteiger partial charge in [0.15, 0.2) is 11.3 Å². The first-order valence-corrected chi connectivity index (χ1v) is 12.1. The molecular weight excluding hydrogens is 426 g/mol. The standard InChI is InChI=1S/C22H21N7O2S/c23-13-15-1-3-16(4-2-15)32(30,31)28-22-9-6-21(7-10-22,8-11-22)20-27-26-18-14-25-19-17(29(18)20)5-12-24-19/h1-5,12,14,24,28H,6-11H2. The van der Waals surface area contributed by atoms with E-state index in [0.717, 1.165) is 61.2 Å². The van der Waals surface area contributed by atoms with Crippen LogP contribution in [0.25, 0.3) is 16.8 Å². The highest BCUT2D eigenvalue weighted by Gasteiger charge is 2.53. The van der Waals surface area contributed by atoms with Crippen LogP contribution >= 0.6 is 0 Å². The van der Waals surface area contributed by atoms with Gasteiger partial charge in [0.1, 0.15) is 5.82 Å². The Morgan fingerprint density at radius 3 is 2.44 bits per heavy atom. The number of hydrogen-bond donors (Lipinski definition) is 2. The number of H-pyrrole nitrogens is 1. The van der Waals surface area contributed by atoms with Crippen molar-refractivity contribution in [3.63, 3.8) is 0 Å². The fourth-order valence-electron chi connectivity index (χ4n) is 5.45. The molecule has 0 atom stereocenters. The van der Waals surface area contributed by atoms with Crippen LogP contribution in [0.4, 0.5) is 0 Å². The molecule has 3 aliphatic rings. The van der Waals surface area contributed by atoms with Crippen LogP contribution < -0.4 is 4.72 Å². The minimum absolute atomic E-state index is 0.118. The number of fused-ring (bicyclic) bond motifs is 6. The van der Waals surface area contributed by atoms with Crippen molar-refractivity contribution in [2.75, 3.05) is 0 Å². The van der Waals surface area contributed by atoms with Gasteiger partial charge in [-0.3, -0.25) is 4.40 Å². The van der Waals surface area contributed by atoms with Crippen LogP contribution in [-0.4, -0.2) is 38.5 Å². The number of aromatic amines is 1. The van der Waals surface area contributed by atoms with E-state index in [1.54, 1.807) is 6.20 Å². The van der Waals surface area contributed by atoms with E-state index in [1.165, 1.54) is 24.3 Å². The molecule has 3 aliphatic carbocycles. The normalized spacial score (nSPS) is 25.3. The van der Waals surface area contributed by atoms with E-state index in [9.17, 15) is 8.42 Å². The maximum Gasteiger partial charge on any atom is 0.241 e.